The number of methoxy groups -OCH3 is 1. The van der Waals surface area contributed by atoms with Gasteiger partial charge in [0.15, 0.2) is 5.75 Å². The molecule has 8 heteroatoms. The maximum absolute atomic E-state index is 11.6. The van der Waals surface area contributed by atoms with E-state index in [9.17, 15) is 10.1 Å². The van der Waals surface area contributed by atoms with Crippen molar-refractivity contribution in [1.82, 2.24) is 0 Å². The number of halogens is 1. The molecule has 7 nitrogen and oxygen atoms in total. The molecular formula is C22H20ClN3O4. The second-order valence-electron chi connectivity index (χ2n) is 6.42. The van der Waals surface area contributed by atoms with Gasteiger partial charge in [-0.2, -0.15) is 5.10 Å². The fraction of sp³-hybridized carbons (Fsp3) is 0.136. The number of hydrogen-bond donors (Lipinski definition) is 1. The number of nitrogens with zero attached hydrogens (tertiary/aromatic N) is 2. The van der Waals surface area contributed by atoms with E-state index in [1.165, 1.54) is 19.4 Å². The van der Waals surface area contributed by atoms with E-state index < -0.39 is 4.92 Å². The summed E-state index contributed by atoms with van der Waals surface area (Å²) in [5, 5.41) is 16.3. The highest BCUT2D eigenvalue weighted by atomic mass is 35.5. The Morgan fingerprint density at radius 2 is 1.97 bits per heavy atom. The molecule has 3 aromatic rings. The van der Waals surface area contributed by atoms with Crippen molar-refractivity contribution in [3.05, 3.63) is 92.5 Å². The molecule has 0 fully saturated rings. The molecule has 3 aromatic carbocycles. The molecule has 0 aliphatic rings. The Labute approximate surface area is 179 Å². The van der Waals surface area contributed by atoms with E-state index in [0.717, 1.165) is 11.1 Å². The molecule has 30 heavy (non-hydrogen) atoms. The topological polar surface area (TPSA) is 86.0 Å². The molecule has 3 rings (SSSR count). The van der Waals surface area contributed by atoms with Gasteiger partial charge in [-0.05, 0) is 42.3 Å². The monoisotopic (exact) mass is 425 g/mol. The molecule has 0 unspecified atom stereocenters. The standard InChI is InChI=1S/C22H20ClN3O4/c1-15-6-3-4-7-17(15)14-30-22-20(26(27)28)10-16(11-21(22)29-2)13-24-25-19-9-5-8-18(23)12-19/h3-13,25H,14H2,1-2H3. The van der Waals surface area contributed by atoms with Crippen LogP contribution in [0.3, 0.4) is 0 Å². The molecule has 0 amide bonds. The van der Waals surface area contributed by atoms with Gasteiger partial charge in [0.25, 0.3) is 0 Å². The normalized spacial score (nSPS) is 10.8. The van der Waals surface area contributed by atoms with Gasteiger partial charge in [0, 0.05) is 16.7 Å². The van der Waals surface area contributed by atoms with Crippen molar-refractivity contribution in [2.24, 2.45) is 5.10 Å². The number of hydrazone groups is 1. The van der Waals surface area contributed by atoms with Gasteiger partial charge in [-0.25, -0.2) is 0 Å². The minimum absolute atomic E-state index is 0.0747. The van der Waals surface area contributed by atoms with E-state index >= 15 is 0 Å². The van der Waals surface area contributed by atoms with E-state index in [4.69, 9.17) is 21.1 Å². The van der Waals surface area contributed by atoms with Crippen molar-refractivity contribution in [1.29, 1.82) is 0 Å². The molecule has 1 N–H and O–H groups in total. The number of anilines is 1. The van der Waals surface area contributed by atoms with Crippen molar-refractivity contribution in [3.63, 3.8) is 0 Å². The summed E-state index contributed by atoms with van der Waals surface area (Å²) in [6.45, 7) is 2.14. The molecule has 0 aliphatic heterocycles. The van der Waals surface area contributed by atoms with Crippen LogP contribution < -0.4 is 14.9 Å². The Balaban J connectivity index is 1.84. The fourth-order valence-electron chi connectivity index (χ4n) is 2.78. The number of nitro groups is 1. The molecule has 0 spiro atoms. The summed E-state index contributed by atoms with van der Waals surface area (Å²) in [6, 6.07) is 17.8. The highest BCUT2D eigenvalue weighted by Crippen LogP contribution is 2.38. The third-order valence-electron chi connectivity index (χ3n) is 4.34. The van der Waals surface area contributed by atoms with Gasteiger partial charge >= 0.3 is 5.69 Å². The van der Waals surface area contributed by atoms with Crippen molar-refractivity contribution in [2.75, 3.05) is 12.5 Å². The molecule has 0 saturated heterocycles. The number of aryl methyl sites for hydroxylation is 1. The number of benzene rings is 3. The van der Waals surface area contributed by atoms with Gasteiger partial charge in [0.2, 0.25) is 5.75 Å². The Bertz CT molecular complexity index is 1090. The van der Waals surface area contributed by atoms with Gasteiger partial charge in [-0.15, -0.1) is 0 Å². The molecule has 0 aromatic heterocycles. The molecule has 0 saturated carbocycles. The Morgan fingerprint density at radius 3 is 2.67 bits per heavy atom. The van der Waals surface area contributed by atoms with Crippen LogP contribution in [0.5, 0.6) is 11.5 Å². The zero-order valence-corrected chi connectivity index (χ0v) is 17.2. The molecule has 0 aliphatic carbocycles. The van der Waals surface area contributed by atoms with Crippen LogP contribution in [-0.4, -0.2) is 18.2 Å². The lowest BCUT2D eigenvalue weighted by Crippen LogP contribution is -2.04. The summed E-state index contributed by atoms with van der Waals surface area (Å²) >= 11 is 5.94. The number of nitrogens with one attached hydrogen (secondary N) is 1. The number of hydrogen-bond acceptors (Lipinski definition) is 6. The molecule has 154 valence electrons. The summed E-state index contributed by atoms with van der Waals surface area (Å²) in [5.74, 6) is 0.327. The lowest BCUT2D eigenvalue weighted by atomic mass is 10.1. The van der Waals surface area contributed by atoms with Crippen LogP contribution in [0.4, 0.5) is 11.4 Å². The van der Waals surface area contributed by atoms with E-state index in [-0.39, 0.29) is 23.8 Å². The minimum Gasteiger partial charge on any atom is -0.493 e. The fourth-order valence-corrected chi connectivity index (χ4v) is 2.97. The second kappa shape index (κ2) is 9.76. The highest BCUT2D eigenvalue weighted by Gasteiger charge is 2.22. The van der Waals surface area contributed by atoms with Gasteiger partial charge in [-0.1, -0.05) is 41.9 Å². The number of ether oxygens (including phenoxy) is 2. The summed E-state index contributed by atoms with van der Waals surface area (Å²) in [7, 11) is 1.44. The van der Waals surface area contributed by atoms with Gasteiger partial charge in [0.1, 0.15) is 6.61 Å². The minimum atomic E-state index is -0.503. The van der Waals surface area contributed by atoms with Crippen LogP contribution in [0.25, 0.3) is 0 Å². The SMILES string of the molecule is COc1cc(C=NNc2cccc(Cl)c2)cc([N+](=O)[O-])c1OCc1ccccc1C. The lowest BCUT2D eigenvalue weighted by molar-refractivity contribution is -0.386. The Kier molecular flexibility index (Phi) is 6.87. The number of nitro benzene ring substituents is 1. The van der Waals surface area contributed by atoms with Crippen LogP contribution in [0.15, 0.2) is 65.8 Å². The first-order valence-electron chi connectivity index (χ1n) is 9.06. The van der Waals surface area contributed by atoms with E-state index in [2.05, 4.69) is 10.5 Å². The smallest absolute Gasteiger partial charge is 0.315 e. The third kappa shape index (κ3) is 5.27. The summed E-state index contributed by atoms with van der Waals surface area (Å²) in [6.07, 6.45) is 1.46. The van der Waals surface area contributed by atoms with Gasteiger partial charge < -0.3 is 9.47 Å². The van der Waals surface area contributed by atoms with Crippen LogP contribution in [0.2, 0.25) is 5.02 Å². The quantitative estimate of drug-likeness (QED) is 0.289. The first kappa shape index (κ1) is 21.1. The highest BCUT2D eigenvalue weighted by molar-refractivity contribution is 6.30. The Hall–Kier alpha value is -3.58. The predicted octanol–water partition coefficient (Wildman–Crippen LogP) is 5.59. The van der Waals surface area contributed by atoms with Crippen LogP contribution in [0.1, 0.15) is 16.7 Å². The van der Waals surface area contributed by atoms with E-state index in [1.54, 1.807) is 30.3 Å². The molecule has 0 bridgehead atoms. The summed E-state index contributed by atoms with van der Waals surface area (Å²) < 4.78 is 11.1. The summed E-state index contributed by atoms with van der Waals surface area (Å²) in [5.41, 5.74) is 5.78. The Morgan fingerprint density at radius 1 is 1.17 bits per heavy atom. The van der Waals surface area contributed by atoms with Gasteiger partial charge in [0.05, 0.1) is 23.9 Å². The maximum atomic E-state index is 11.6. The molecule has 0 radical (unpaired) electrons. The van der Waals surface area contributed by atoms with E-state index in [1.807, 2.05) is 31.2 Å². The molecular weight excluding hydrogens is 406 g/mol. The lowest BCUT2D eigenvalue weighted by Gasteiger charge is -2.13. The zero-order valence-electron chi connectivity index (χ0n) is 16.5. The average Bonchev–Trinajstić information content (AvgIpc) is 2.73. The summed E-state index contributed by atoms with van der Waals surface area (Å²) in [4.78, 5) is 11.1. The van der Waals surface area contributed by atoms with E-state index in [0.29, 0.717) is 16.3 Å². The maximum Gasteiger partial charge on any atom is 0.315 e. The first-order valence-corrected chi connectivity index (χ1v) is 9.44. The van der Waals surface area contributed by atoms with Crippen molar-refractivity contribution < 1.29 is 14.4 Å². The average molecular weight is 426 g/mol. The van der Waals surface area contributed by atoms with Crippen LogP contribution >= 0.6 is 11.6 Å². The first-order chi connectivity index (χ1) is 14.5. The second-order valence-corrected chi connectivity index (χ2v) is 6.86. The number of rotatable bonds is 8. The van der Waals surface area contributed by atoms with Crippen molar-refractivity contribution in [3.8, 4) is 11.5 Å². The zero-order chi connectivity index (χ0) is 21.5. The van der Waals surface area contributed by atoms with Gasteiger partial charge in [-0.3, -0.25) is 15.5 Å². The van der Waals surface area contributed by atoms with Crippen molar-refractivity contribution in [2.45, 2.75) is 13.5 Å². The molecule has 0 heterocycles. The van der Waals surface area contributed by atoms with Crippen LogP contribution in [-0.2, 0) is 6.61 Å². The third-order valence-corrected chi connectivity index (χ3v) is 4.57. The largest absolute Gasteiger partial charge is 0.493 e. The predicted molar refractivity (Wildman–Crippen MR) is 118 cm³/mol. The molecule has 0 atom stereocenters. The van der Waals surface area contributed by atoms with Crippen molar-refractivity contribution >= 4 is 29.2 Å². The van der Waals surface area contributed by atoms with Crippen LogP contribution in [0, 0.1) is 17.0 Å².